The summed E-state index contributed by atoms with van der Waals surface area (Å²) < 4.78 is 11.6. The van der Waals surface area contributed by atoms with Crippen molar-refractivity contribution in [3.8, 4) is 5.75 Å². The van der Waals surface area contributed by atoms with Crippen LogP contribution in [0.5, 0.6) is 5.75 Å². The van der Waals surface area contributed by atoms with E-state index in [1.807, 2.05) is 13.0 Å². The van der Waals surface area contributed by atoms with Gasteiger partial charge in [0.1, 0.15) is 11.5 Å². The van der Waals surface area contributed by atoms with Gasteiger partial charge in [-0.3, -0.25) is 0 Å². The van der Waals surface area contributed by atoms with E-state index in [4.69, 9.17) is 9.47 Å². The van der Waals surface area contributed by atoms with Crippen LogP contribution in [-0.2, 0) is 4.74 Å². The Hall–Kier alpha value is -1.70. The fourth-order valence-electron chi connectivity index (χ4n) is 3.67. The zero-order valence-electron chi connectivity index (χ0n) is 16.1. The Balaban J connectivity index is 2.29. The summed E-state index contributed by atoms with van der Waals surface area (Å²) in [6.07, 6.45) is 4.48. The Morgan fingerprint density at radius 2 is 1.88 bits per heavy atom. The Labute approximate surface area is 147 Å². The molecule has 2 rings (SSSR count). The van der Waals surface area contributed by atoms with E-state index in [1.165, 1.54) is 16.7 Å². The zero-order valence-corrected chi connectivity index (χ0v) is 16.1. The molecule has 2 heteroatoms. The van der Waals surface area contributed by atoms with Crippen molar-refractivity contribution in [3.63, 3.8) is 0 Å². The van der Waals surface area contributed by atoms with Gasteiger partial charge in [-0.25, -0.2) is 0 Å². The van der Waals surface area contributed by atoms with Crippen LogP contribution in [0.3, 0.4) is 0 Å². The molecule has 0 saturated carbocycles. The summed E-state index contributed by atoms with van der Waals surface area (Å²) in [7, 11) is 1.81. The van der Waals surface area contributed by atoms with E-state index in [1.54, 1.807) is 7.11 Å². The lowest BCUT2D eigenvalue weighted by Gasteiger charge is -2.28. The summed E-state index contributed by atoms with van der Waals surface area (Å²) in [4.78, 5) is 0. The molecule has 0 saturated heterocycles. The van der Waals surface area contributed by atoms with Crippen molar-refractivity contribution < 1.29 is 9.47 Å². The first-order valence-corrected chi connectivity index (χ1v) is 9.17. The standard InChI is InChI=1S/C22H32O2/c1-7-24-21-11-9-8-10-19(21)17(5)14-18-12-16(4)13-20(15(2)3)22(18)23-6/h8-11,13,15-17H,7,12,14H2,1-6H3. The molecule has 0 radical (unpaired) electrons. The first-order chi connectivity index (χ1) is 11.5. The van der Waals surface area contributed by atoms with Crippen LogP contribution in [0.4, 0.5) is 0 Å². The maximum atomic E-state index is 5.82. The molecule has 0 amide bonds. The van der Waals surface area contributed by atoms with Gasteiger partial charge in [0.15, 0.2) is 0 Å². The minimum Gasteiger partial charge on any atom is -0.497 e. The lowest BCUT2D eigenvalue weighted by Crippen LogP contribution is -2.14. The van der Waals surface area contributed by atoms with Gasteiger partial charge in [-0.15, -0.1) is 0 Å². The molecule has 1 aliphatic carbocycles. The van der Waals surface area contributed by atoms with Crippen molar-refractivity contribution in [1.82, 2.24) is 0 Å². The second kappa shape index (κ2) is 8.41. The second-order valence-electron chi connectivity index (χ2n) is 7.17. The van der Waals surface area contributed by atoms with E-state index in [9.17, 15) is 0 Å². The van der Waals surface area contributed by atoms with Gasteiger partial charge in [-0.05, 0) is 60.3 Å². The fourth-order valence-corrected chi connectivity index (χ4v) is 3.67. The number of ether oxygens (including phenoxy) is 2. The third kappa shape index (κ3) is 4.23. The number of allylic oxidation sites excluding steroid dienone is 3. The molecule has 0 N–H and O–H groups in total. The van der Waals surface area contributed by atoms with Crippen LogP contribution in [-0.4, -0.2) is 13.7 Å². The van der Waals surface area contributed by atoms with E-state index in [0.717, 1.165) is 24.4 Å². The van der Waals surface area contributed by atoms with E-state index in [-0.39, 0.29) is 0 Å². The minimum atomic E-state index is 0.409. The molecule has 2 nitrogen and oxygen atoms in total. The van der Waals surface area contributed by atoms with Crippen molar-refractivity contribution >= 4 is 0 Å². The van der Waals surface area contributed by atoms with Gasteiger partial charge >= 0.3 is 0 Å². The lowest BCUT2D eigenvalue weighted by atomic mass is 9.81. The summed E-state index contributed by atoms with van der Waals surface area (Å²) in [6.45, 7) is 11.8. The summed E-state index contributed by atoms with van der Waals surface area (Å²) in [6, 6.07) is 8.41. The highest BCUT2D eigenvalue weighted by Crippen LogP contribution is 2.39. The molecule has 2 unspecified atom stereocenters. The SMILES string of the molecule is CCOc1ccccc1C(C)CC1=C(OC)C(C(C)C)=CC(C)C1. The summed E-state index contributed by atoms with van der Waals surface area (Å²) >= 11 is 0. The van der Waals surface area contributed by atoms with E-state index < -0.39 is 0 Å². The van der Waals surface area contributed by atoms with Crippen LogP contribution in [0.15, 0.2) is 47.2 Å². The average Bonchev–Trinajstić information content (AvgIpc) is 2.55. The average molecular weight is 328 g/mol. The predicted molar refractivity (Wildman–Crippen MR) is 101 cm³/mol. The Morgan fingerprint density at radius 3 is 2.50 bits per heavy atom. The van der Waals surface area contributed by atoms with E-state index in [0.29, 0.717) is 24.4 Å². The Bertz CT molecular complexity index is 610. The van der Waals surface area contributed by atoms with Gasteiger partial charge in [0, 0.05) is 0 Å². The first kappa shape index (κ1) is 18.6. The van der Waals surface area contributed by atoms with Crippen molar-refractivity contribution in [3.05, 3.63) is 52.8 Å². The number of benzene rings is 1. The van der Waals surface area contributed by atoms with Crippen molar-refractivity contribution in [2.75, 3.05) is 13.7 Å². The van der Waals surface area contributed by atoms with Crippen molar-refractivity contribution in [1.29, 1.82) is 0 Å². The lowest BCUT2D eigenvalue weighted by molar-refractivity contribution is 0.279. The molecule has 0 aliphatic heterocycles. The second-order valence-corrected chi connectivity index (χ2v) is 7.17. The highest BCUT2D eigenvalue weighted by Gasteiger charge is 2.24. The van der Waals surface area contributed by atoms with Crippen LogP contribution in [0.1, 0.15) is 58.9 Å². The van der Waals surface area contributed by atoms with Gasteiger partial charge in [0.05, 0.1) is 13.7 Å². The van der Waals surface area contributed by atoms with Gasteiger partial charge in [0.25, 0.3) is 0 Å². The molecule has 0 fully saturated rings. The van der Waals surface area contributed by atoms with Crippen LogP contribution < -0.4 is 4.74 Å². The summed E-state index contributed by atoms with van der Waals surface area (Å²) in [5.41, 5.74) is 4.09. The van der Waals surface area contributed by atoms with Gasteiger partial charge in [-0.1, -0.05) is 52.0 Å². The van der Waals surface area contributed by atoms with Crippen LogP contribution in [0.25, 0.3) is 0 Å². The zero-order chi connectivity index (χ0) is 17.7. The highest BCUT2D eigenvalue weighted by atomic mass is 16.5. The predicted octanol–water partition coefficient (Wildman–Crippen LogP) is 6.10. The third-order valence-corrected chi connectivity index (χ3v) is 4.74. The monoisotopic (exact) mass is 328 g/mol. The van der Waals surface area contributed by atoms with Crippen molar-refractivity contribution in [2.45, 2.75) is 53.4 Å². The van der Waals surface area contributed by atoms with E-state index >= 15 is 0 Å². The van der Waals surface area contributed by atoms with Crippen LogP contribution >= 0.6 is 0 Å². The Kier molecular flexibility index (Phi) is 6.53. The quantitative estimate of drug-likeness (QED) is 0.602. The maximum absolute atomic E-state index is 5.82. The minimum absolute atomic E-state index is 0.409. The molecule has 1 aromatic rings. The van der Waals surface area contributed by atoms with Crippen LogP contribution in [0, 0.1) is 11.8 Å². The summed E-state index contributed by atoms with van der Waals surface area (Å²) in [5, 5.41) is 0. The molecule has 132 valence electrons. The molecule has 0 spiro atoms. The number of rotatable bonds is 7. The van der Waals surface area contributed by atoms with Crippen molar-refractivity contribution in [2.24, 2.45) is 11.8 Å². The smallest absolute Gasteiger partial charge is 0.122 e. The molecule has 0 heterocycles. The molecule has 0 bridgehead atoms. The fraction of sp³-hybridized carbons (Fsp3) is 0.545. The first-order valence-electron chi connectivity index (χ1n) is 9.17. The Morgan fingerprint density at radius 1 is 1.17 bits per heavy atom. The normalized spacial score (nSPS) is 19.3. The van der Waals surface area contributed by atoms with Gasteiger partial charge in [0.2, 0.25) is 0 Å². The number of hydrogen-bond acceptors (Lipinski definition) is 2. The highest BCUT2D eigenvalue weighted by molar-refractivity contribution is 5.40. The van der Waals surface area contributed by atoms with Gasteiger partial charge < -0.3 is 9.47 Å². The maximum Gasteiger partial charge on any atom is 0.122 e. The molecule has 24 heavy (non-hydrogen) atoms. The number of para-hydroxylation sites is 1. The molecular weight excluding hydrogens is 296 g/mol. The largest absolute Gasteiger partial charge is 0.497 e. The third-order valence-electron chi connectivity index (χ3n) is 4.74. The molecule has 0 aromatic heterocycles. The molecule has 1 aliphatic rings. The van der Waals surface area contributed by atoms with E-state index in [2.05, 4.69) is 52.0 Å². The topological polar surface area (TPSA) is 18.5 Å². The molecular formula is C22H32O2. The van der Waals surface area contributed by atoms with Gasteiger partial charge in [-0.2, -0.15) is 0 Å². The number of methoxy groups -OCH3 is 1. The molecule has 1 aromatic carbocycles. The number of hydrogen-bond donors (Lipinski definition) is 0. The molecule has 2 atom stereocenters. The summed E-state index contributed by atoms with van der Waals surface area (Å²) in [5.74, 6) is 3.60. The van der Waals surface area contributed by atoms with Crippen LogP contribution in [0.2, 0.25) is 0 Å².